The van der Waals surface area contributed by atoms with Crippen molar-refractivity contribution in [2.45, 2.75) is 64.3 Å². The van der Waals surface area contributed by atoms with Crippen LogP contribution < -0.4 is 5.32 Å². The standard InChI is InChI=1S/C18H30N4O/c1-18(2,22-11-7-4-8-12-22)13-19-17(23)16-14-9-5-6-10-15(14)20-21(16)3/h4-13H2,1-3H3,(H,19,23). The van der Waals surface area contributed by atoms with E-state index in [-0.39, 0.29) is 11.4 Å². The Morgan fingerprint density at radius 3 is 2.57 bits per heavy atom. The third-order valence-electron chi connectivity index (χ3n) is 5.43. The molecule has 23 heavy (non-hydrogen) atoms. The molecule has 0 spiro atoms. The molecule has 0 atom stereocenters. The highest BCUT2D eigenvalue weighted by atomic mass is 16.2. The number of amides is 1. The Labute approximate surface area is 139 Å². The number of fused-ring (bicyclic) bond motifs is 1. The molecule has 2 aliphatic rings. The van der Waals surface area contributed by atoms with E-state index in [0.717, 1.165) is 43.7 Å². The van der Waals surface area contributed by atoms with Gasteiger partial charge in [-0.2, -0.15) is 5.10 Å². The van der Waals surface area contributed by atoms with Gasteiger partial charge in [-0.05, 0) is 65.5 Å². The predicted octanol–water partition coefficient (Wildman–Crippen LogP) is 2.29. The van der Waals surface area contributed by atoms with Gasteiger partial charge in [-0.25, -0.2) is 0 Å². The highest BCUT2D eigenvalue weighted by molar-refractivity contribution is 5.94. The predicted molar refractivity (Wildman–Crippen MR) is 91.7 cm³/mol. The Balaban J connectivity index is 1.66. The highest BCUT2D eigenvalue weighted by Crippen LogP contribution is 2.24. The molecule has 0 radical (unpaired) electrons. The second-order valence-corrected chi connectivity index (χ2v) is 7.65. The van der Waals surface area contributed by atoms with Crippen LogP contribution in [-0.4, -0.2) is 45.8 Å². The highest BCUT2D eigenvalue weighted by Gasteiger charge is 2.30. The van der Waals surface area contributed by atoms with Gasteiger partial charge in [0.1, 0.15) is 5.69 Å². The Kier molecular flexibility index (Phi) is 4.76. The first-order valence-corrected chi connectivity index (χ1v) is 9.07. The second kappa shape index (κ2) is 6.63. The lowest BCUT2D eigenvalue weighted by molar-refractivity contribution is 0.0791. The van der Waals surface area contributed by atoms with Gasteiger partial charge in [0, 0.05) is 24.7 Å². The topological polar surface area (TPSA) is 50.2 Å². The van der Waals surface area contributed by atoms with E-state index in [1.807, 2.05) is 7.05 Å². The van der Waals surface area contributed by atoms with Crippen LogP contribution in [0.4, 0.5) is 0 Å². The van der Waals surface area contributed by atoms with Gasteiger partial charge in [-0.3, -0.25) is 14.4 Å². The number of hydrogen-bond acceptors (Lipinski definition) is 3. The SMILES string of the molecule is Cn1nc2c(c1C(=O)NCC(C)(C)N1CCCCC1)CCCC2. The zero-order chi connectivity index (χ0) is 16.4. The molecule has 0 unspecified atom stereocenters. The van der Waals surface area contributed by atoms with Crippen molar-refractivity contribution in [3.8, 4) is 0 Å². The molecular weight excluding hydrogens is 288 g/mol. The summed E-state index contributed by atoms with van der Waals surface area (Å²) in [4.78, 5) is 15.2. The van der Waals surface area contributed by atoms with Crippen LogP contribution >= 0.6 is 0 Å². The van der Waals surface area contributed by atoms with E-state index >= 15 is 0 Å². The zero-order valence-corrected chi connectivity index (χ0v) is 14.8. The lowest BCUT2D eigenvalue weighted by Gasteiger charge is -2.41. The van der Waals surface area contributed by atoms with Crippen LogP contribution in [0.15, 0.2) is 0 Å². The van der Waals surface area contributed by atoms with E-state index in [9.17, 15) is 4.79 Å². The number of piperidine rings is 1. The van der Waals surface area contributed by atoms with Crippen LogP contribution in [-0.2, 0) is 19.9 Å². The molecular formula is C18H30N4O. The van der Waals surface area contributed by atoms with Crippen molar-refractivity contribution in [1.29, 1.82) is 0 Å². The number of nitrogens with one attached hydrogen (secondary N) is 1. The number of aromatic nitrogens is 2. The molecule has 1 aromatic heterocycles. The Morgan fingerprint density at radius 2 is 1.83 bits per heavy atom. The molecule has 1 aromatic rings. The molecule has 1 amide bonds. The molecule has 1 aliphatic heterocycles. The molecule has 1 aliphatic carbocycles. The van der Waals surface area contributed by atoms with E-state index in [1.54, 1.807) is 4.68 Å². The molecule has 0 bridgehead atoms. The van der Waals surface area contributed by atoms with Gasteiger partial charge < -0.3 is 5.32 Å². The summed E-state index contributed by atoms with van der Waals surface area (Å²) in [6.45, 7) is 7.44. The first-order chi connectivity index (χ1) is 11.0. The van der Waals surface area contributed by atoms with Crippen molar-refractivity contribution in [2.24, 2.45) is 7.05 Å². The summed E-state index contributed by atoms with van der Waals surface area (Å²) in [6.07, 6.45) is 8.22. The van der Waals surface area contributed by atoms with Crippen LogP contribution in [0.5, 0.6) is 0 Å². The first-order valence-electron chi connectivity index (χ1n) is 9.07. The fraction of sp³-hybridized carbons (Fsp3) is 0.778. The summed E-state index contributed by atoms with van der Waals surface area (Å²) in [6, 6.07) is 0. The number of carbonyl (C=O) groups is 1. The number of nitrogens with zero attached hydrogens (tertiary/aromatic N) is 3. The fourth-order valence-electron chi connectivity index (χ4n) is 3.96. The maximum atomic E-state index is 12.7. The fourth-order valence-corrected chi connectivity index (χ4v) is 3.96. The van der Waals surface area contributed by atoms with Crippen molar-refractivity contribution < 1.29 is 4.79 Å². The van der Waals surface area contributed by atoms with Gasteiger partial charge >= 0.3 is 0 Å². The summed E-state index contributed by atoms with van der Waals surface area (Å²) >= 11 is 0. The van der Waals surface area contributed by atoms with Crippen molar-refractivity contribution in [1.82, 2.24) is 20.0 Å². The number of hydrogen-bond donors (Lipinski definition) is 1. The molecule has 1 N–H and O–H groups in total. The molecule has 0 aromatic carbocycles. The molecule has 5 heteroatoms. The third-order valence-corrected chi connectivity index (χ3v) is 5.43. The van der Waals surface area contributed by atoms with Gasteiger partial charge in [-0.15, -0.1) is 0 Å². The normalized spacial score (nSPS) is 19.4. The van der Waals surface area contributed by atoms with Crippen molar-refractivity contribution in [3.05, 3.63) is 17.0 Å². The monoisotopic (exact) mass is 318 g/mol. The average molecular weight is 318 g/mol. The number of rotatable bonds is 4. The smallest absolute Gasteiger partial charge is 0.269 e. The van der Waals surface area contributed by atoms with E-state index in [4.69, 9.17) is 0 Å². The van der Waals surface area contributed by atoms with Crippen LogP contribution in [0.25, 0.3) is 0 Å². The van der Waals surface area contributed by atoms with Gasteiger partial charge in [0.2, 0.25) is 0 Å². The van der Waals surface area contributed by atoms with Crippen molar-refractivity contribution >= 4 is 5.91 Å². The number of likely N-dealkylation sites (tertiary alicyclic amines) is 1. The van der Waals surface area contributed by atoms with Crippen LogP contribution in [0.3, 0.4) is 0 Å². The average Bonchev–Trinajstić information content (AvgIpc) is 2.89. The first kappa shape index (κ1) is 16.5. The molecule has 3 rings (SSSR count). The molecule has 0 saturated carbocycles. The Hall–Kier alpha value is -1.36. The zero-order valence-electron chi connectivity index (χ0n) is 14.8. The van der Waals surface area contributed by atoms with Crippen LogP contribution in [0.2, 0.25) is 0 Å². The number of carbonyl (C=O) groups excluding carboxylic acids is 1. The summed E-state index contributed by atoms with van der Waals surface area (Å²) in [5, 5.41) is 7.72. The van der Waals surface area contributed by atoms with E-state index in [1.165, 1.54) is 31.2 Å². The van der Waals surface area contributed by atoms with Crippen LogP contribution in [0.1, 0.15) is 67.7 Å². The summed E-state index contributed by atoms with van der Waals surface area (Å²) < 4.78 is 1.78. The largest absolute Gasteiger partial charge is 0.349 e. The van der Waals surface area contributed by atoms with Gasteiger partial charge in [0.05, 0.1) is 5.69 Å². The molecule has 128 valence electrons. The summed E-state index contributed by atoms with van der Waals surface area (Å²) in [5.41, 5.74) is 3.08. The minimum Gasteiger partial charge on any atom is -0.349 e. The van der Waals surface area contributed by atoms with Crippen molar-refractivity contribution in [2.75, 3.05) is 19.6 Å². The van der Waals surface area contributed by atoms with E-state index < -0.39 is 0 Å². The maximum Gasteiger partial charge on any atom is 0.269 e. The lowest BCUT2D eigenvalue weighted by atomic mass is 9.95. The molecule has 1 saturated heterocycles. The molecule has 1 fully saturated rings. The third kappa shape index (κ3) is 3.44. The lowest BCUT2D eigenvalue weighted by Crippen LogP contribution is -2.53. The van der Waals surface area contributed by atoms with Gasteiger partial charge in [0.15, 0.2) is 0 Å². The van der Waals surface area contributed by atoms with Crippen LogP contribution in [0, 0.1) is 0 Å². The maximum absolute atomic E-state index is 12.7. The second-order valence-electron chi connectivity index (χ2n) is 7.65. The number of aryl methyl sites for hydroxylation is 2. The summed E-state index contributed by atoms with van der Waals surface area (Å²) in [5.74, 6) is 0.0354. The molecule has 2 heterocycles. The van der Waals surface area contributed by atoms with Gasteiger partial charge in [-0.1, -0.05) is 6.42 Å². The Morgan fingerprint density at radius 1 is 1.13 bits per heavy atom. The van der Waals surface area contributed by atoms with E-state index in [0.29, 0.717) is 6.54 Å². The quantitative estimate of drug-likeness (QED) is 0.927. The summed E-state index contributed by atoms with van der Waals surface area (Å²) in [7, 11) is 1.89. The minimum atomic E-state index is 0.00867. The molecule has 5 nitrogen and oxygen atoms in total. The Bertz CT molecular complexity index is 570. The van der Waals surface area contributed by atoms with E-state index in [2.05, 4.69) is 29.2 Å². The van der Waals surface area contributed by atoms with Gasteiger partial charge in [0.25, 0.3) is 5.91 Å². The van der Waals surface area contributed by atoms with Crippen molar-refractivity contribution in [3.63, 3.8) is 0 Å². The minimum absolute atomic E-state index is 0.00867.